The van der Waals surface area contributed by atoms with Crippen LogP contribution >= 0.6 is 23.1 Å². The average Bonchev–Trinajstić information content (AvgIpc) is 3.29. The third-order valence-electron chi connectivity index (χ3n) is 4.18. The third kappa shape index (κ3) is 4.29. The number of aromatic nitrogens is 2. The van der Waals surface area contributed by atoms with E-state index in [0.717, 1.165) is 24.2 Å². The Hall–Kier alpha value is -2.17. The van der Waals surface area contributed by atoms with Crippen LogP contribution in [0.15, 0.2) is 41.4 Å². The average molecular weight is 436 g/mol. The second-order valence-corrected chi connectivity index (χ2v) is 10.6. The Morgan fingerprint density at radius 3 is 2.82 bits per heavy atom. The van der Waals surface area contributed by atoms with Crippen molar-refractivity contribution in [1.82, 2.24) is 9.97 Å². The van der Waals surface area contributed by atoms with Crippen molar-refractivity contribution < 1.29 is 17.9 Å². The Balaban J connectivity index is 1.46. The molecule has 1 saturated heterocycles. The van der Waals surface area contributed by atoms with Gasteiger partial charge < -0.3 is 4.74 Å². The molecule has 28 heavy (non-hydrogen) atoms. The molecule has 2 aromatic heterocycles. The van der Waals surface area contributed by atoms with Gasteiger partial charge in [-0.1, -0.05) is 11.3 Å². The molecule has 1 fully saturated rings. The van der Waals surface area contributed by atoms with E-state index in [0.29, 0.717) is 26.8 Å². The van der Waals surface area contributed by atoms with E-state index in [9.17, 15) is 13.2 Å². The second kappa shape index (κ2) is 7.69. The van der Waals surface area contributed by atoms with Gasteiger partial charge in [-0.3, -0.25) is 10.1 Å². The minimum atomic E-state index is -3.29. The van der Waals surface area contributed by atoms with Crippen LogP contribution in [0.25, 0.3) is 10.2 Å². The van der Waals surface area contributed by atoms with Gasteiger partial charge in [0.1, 0.15) is 6.10 Å². The van der Waals surface area contributed by atoms with Crippen molar-refractivity contribution in [3.63, 3.8) is 0 Å². The molecule has 0 bridgehead atoms. The quantitative estimate of drug-likeness (QED) is 0.657. The molecule has 1 aromatic carbocycles. The summed E-state index contributed by atoms with van der Waals surface area (Å²) in [6.07, 6.45) is 3.82. The molecule has 1 aliphatic rings. The van der Waals surface area contributed by atoms with Crippen LogP contribution in [-0.2, 0) is 9.84 Å². The van der Waals surface area contributed by atoms with Gasteiger partial charge in [-0.05, 0) is 36.4 Å². The van der Waals surface area contributed by atoms with Gasteiger partial charge in [-0.2, -0.15) is 11.8 Å². The summed E-state index contributed by atoms with van der Waals surface area (Å²) < 4.78 is 29.8. The molecular formula is C18H17N3O4S3. The molecule has 0 saturated carbocycles. The molecule has 0 unspecified atom stereocenters. The number of carbonyl (C=O) groups is 1. The number of anilines is 1. The van der Waals surface area contributed by atoms with Gasteiger partial charge in [-0.25, -0.2) is 18.4 Å². The number of hydrogen-bond donors (Lipinski definition) is 1. The molecule has 0 aliphatic carbocycles. The Bertz CT molecular complexity index is 1120. The van der Waals surface area contributed by atoms with Crippen molar-refractivity contribution in [2.24, 2.45) is 0 Å². The molecule has 4 rings (SSSR count). The number of carbonyl (C=O) groups excluding carboxylic acids is 1. The summed E-state index contributed by atoms with van der Waals surface area (Å²) >= 11 is 3.08. The Labute approximate surface area is 170 Å². The summed E-state index contributed by atoms with van der Waals surface area (Å²) in [6, 6.07) is 8.05. The number of benzene rings is 1. The fourth-order valence-electron chi connectivity index (χ4n) is 2.72. The van der Waals surface area contributed by atoms with Crippen LogP contribution in [0.5, 0.6) is 5.88 Å². The fraction of sp³-hybridized carbons (Fsp3) is 0.278. The van der Waals surface area contributed by atoms with Gasteiger partial charge in [-0.15, -0.1) is 0 Å². The summed E-state index contributed by atoms with van der Waals surface area (Å²) in [7, 11) is -3.29. The zero-order valence-corrected chi connectivity index (χ0v) is 17.4. The summed E-state index contributed by atoms with van der Waals surface area (Å²) in [6.45, 7) is 0. The molecule has 7 nitrogen and oxygen atoms in total. The molecule has 3 aromatic rings. The maximum atomic E-state index is 12.4. The smallest absolute Gasteiger partial charge is 0.259 e. The lowest BCUT2D eigenvalue weighted by atomic mass is 10.2. The number of nitrogens with zero attached hydrogens (tertiary/aromatic N) is 2. The molecule has 0 radical (unpaired) electrons. The summed E-state index contributed by atoms with van der Waals surface area (Å²) in [5, 5.41) is 3.13. The van der Waals surface area contributed by atoms with E-state index in [1.807, 2.05) is 11.8 Å². The molecular weight excluding hydrogens is 418 g/mol. The maximum Gasteiger partial charge on any atom is 0.259 e. The van der Waals surface area contributed by atoms with Gasteiger partial charge in [0.25, 0.3) is 5.91 Å². The van der Waals surface area contributed by atoms with Crippen LogP contribution in [0.1, 0.15) is 16.8 Å². The van der Waals surface area contributed by atoms with Gasteiger partial charge in [0, 0.05) is 24.3 Å². The predicted molar refractivity (Wildman–Crippen MR) is 111 cm³/mol. The zero-order chi connectivity index (χ0) is 19.7. The van der Waals surface area contributed by atoms with Crippen molar-refractivity contribution in [2.45, 2.75) is 17.4 Å². The van der Waals surface area contributed by atoms with Gasteiger partial charge in [0.05, 0.1) is 20.7 Å². The van der Waals surface area contributed by atoms with Gasteiger partial charge in [0.2, 0.25) is 5.88 Å². The van der Waals surface area contributed by atoms with Crippen molar-refractivity contribution >= 4 is 54.2 Å². The summed E-state index contributed by atoms with van der Waals surface area (Å²) in [5.41, 5.74) is 1.02. The fourth-order valence-corrected chi connectivity index (χ4v) is 5.44. The highest BCUT2D eigenvalue weighted by atomic mass is 32.2. The van der Waals surface area contributed by atoms with E-state index in [1.165, 1.54) is 23.6 Å². The molecule has 0 spiro atoms. The van der Waals surface area contributed by atoms with Crippen LogP contribution in [0, 0.1) is 0 Å². The third-order valence-corrected chi connectivity index (χ3v) is 7.36. The number of rotatable bonds is 5. The largest absolute Gasteiger partial charge is 0.473 e. The van der Waals surface area contributed by atoms with Crippen molar-refractivity contribution in [1.29, 1.82) is 0 Å². The number of fused-ring (bicyclic) bond motifs is 1. The van der Waals surface area contributed by atoms with E-state index < -0.39 is 9.84 Å². The number of thiazole rings is 1. The Kier molecular flexibility index (Phi) is 5.26. The SMILES string of the molecule is CS(=O)(=O)c1ccc2nc(NC(=O)c3ccc(O[C@H]4CCSC4)nc3)sc2c1. The molecule has 3 heterocycles. The van der Waals surface area contributed by atoms with E-state index in [2.05, 4.69) is 15.3 Å². The van der Waals surface area contributed by atoms with Crippen LogP contribution < -0.4 is 10.1 Å². The lowest BCUT2D eigenvalue weighted by Crippen LogP contribution is -2.16. The number of amides is 1. The molecule has 1 N–H and O–H groups in total. The topological polar surface area (TPSA) is 98.2 Å². The minimum Gasteiger partial charge on any atom is -0.473 e. The standard InChI is InChI=1S/C18H17N3O4S3/c1-28(23,24)13-3-4-14-15(8-13)27-18(20-14)21-17(22)11-2-5-16(19-9-11)25-12-6-7-26-10-12/h2-5,8-9,12H,6-7,10H2,1H3,(H,20,21,22)/t12-/m0/s1. The molecule has 1 amide bonds. The Morgan fingerprint density at radius 2 is 2.14 bits per heavy atom. The highest BCUT2D eigenvalue weighted by Gasteiger charge is 2.18. The molecule has 146 valence electrons. The summed E-state index contributed by atoms with van der Waals surface area (Å²) in [5.74, 6) is 2.23. The predicted octanol–water partition coefficient (Wildman–Crippen LogP) is 3.23. The highest BCUT2D eigenvalue weighted by Crippen LogP contribution is 2.28. The van der Waals surface area contributed by atoms with Crippen molar-refractivity contribution in [3.05, 3.63) is 42.1 Å². The zero-order valence-electron chi connectivity index (χ0n) is 14.9. The number of nitrogens with one attached hydrogen (secondary N) is 1. The lowest BCUT2D eigenvalue weighted by Gasteiger charge is -2.11. The van der Waals surface area contributed by atoms with Crippen LogP contribution in [0.4, 0.5) is 5.13 Å². The van der Waals surface area contributed by atoms with Gasteiger partial charge >= 0.3 is 0 Å². The summed E-state index contributed by atoms with van der Waals surface area (Å²) in [4.78, 5) is 21.2. The number of sulfone groups is 1. The first-order valence-electron chi connectivity index (χ1n) is 8.51. The first-order chi connectivity index (χ1) is 13.4. The van der Waals surface area contributed by atoms with E-state index >= 15 is 0 Å². The number of thioether (sulfide) groups is 1. The van der Waals surface area contributed by atoms with Crippen molar-refractivity contribution in [2.75, 3.05) is 23.1 Å². The molecule has 1 aliphatic heterocycles. The monoisotopic (exact) mass is 435 g/mol. The van der Waals surface area contributed by atoms with E-state index in [1.54, 1.807) is 24.3 Å². The van der Waals surface area contributed by atoms with E-state index in [4.69, 9.17) is 4.74 Å². The number of pyridine rings is 1. The molecule has 10 heteroatoms. The van der Waals surface area contributed by atoms with Gasteiger partial charge in [0.15, 0.2) is 15.0 Å². The lowest BCUT2D eigenvalue weighted by molar-refractivity contribution is 0.102. The molecule has 1 atom stereocenters. The first-order valence-corrected chi connectivity index (χ1v) is 12.4. The van der Waals surface area contributed by atoms with Crippen LogP contribution in [-0.4, -0.2) is 48.2 Å². The van der Waals surface area contributed by atoms with Crippen molar-refractivity contribution in [3.8, 4) is 5.88 Å². The minimum absolute atomic E-state index is 0.178. The maximum absolute atomic E-state index is 12.4. The normalized spacial score (nSPS) is 17.0. The van der Waals surface area contributed by atoms with E-state index in [-0.39, 0.29) is 16.9 Å². The Morgan fingerprint density at radius 1 is 1.29 bits per heavy atom. The number of ether oxygens (including phenoxy) is 1. The van der Waals surface area contributed by atoms with Crippen LogP contribution in [0.3, 0.4) is 0 Å². The second-order valence-electron chi connectivity index (χ2n) is 6.36. The highest BCUT2D eigenvalue weighted by molar-refractivity contribution is 7.99. The van der Waals surface area contributed by atoms with Crippen LogP contribution in [0.2, 0.25) is 0 Å². The number of hydrogen-bond acceptors (Lipinski definition) is 8. The first kappa shape index (κ1) is 19.2.